The molecule has 0 aliphatic carbocycles. The number of fused-ring (bicyclic) bond motifs is 2. The Morgan fingerprint density at radius 1 is 0.649 bits per heavy atom. The van der Waals surface area contributed by atoms with Crippen LogP contribution in [0.1, 0.15) is 37.5 Å². The molecule has 2 heteroatoms. The Morgan fingerprint density at radius 3 is 2.16 bits per heavy atom. The van der Waals surface area contributed by atoms with Gasteiger partial charge >= 0.3 is 0 Å². The molecule has 0 radical (unpaired) electrons. The van der Waals surface area contributed by atoms with E-state index in [0.29, 0.717) is 0 Å². The first-order valence-electron chi connectivity index (χ1n) is 12.9. The molecule has 6 aromatic rings. The molecule has 0 spiro atoms. The first kappa shape index (κ1) is 22.4. The number of benzene rings is 6. The fourth-order valence-electron chi connectivity index (χ4n) is 5.67. The average Bonchev–Trinajstić information content (AvgIpc) is 2.90. The van der Waals surface area contributed by atoms with E-state index >= 15 is 0 Å². The molecule has 0 saturated carbocycles. The van der Waals surface area contributed by atoms with E-state index in [1.54, 1.807) is 0 Å². The van der Waals surface area contributed by atoms with Crippen molar-refractivity contribution in [2.45, 2.75) is 36.0 Å². The third-order valence-electron chi connectivity index (χ3n) is 7.75. The Bertz CT molecular complexity index is 1840. The molecule has 1 aliphatic rings. The Hall–Kier alpha value is -3.75. The summed E-state index contributed by atoms with van der Waals surface area (Å²) >= 11 is 1.86. The van der Waals surface area contributed by atoms with Gasteiger partial charge in [-0.25, -0.2) is 0 Å². The highest BCUT2D eigenvalue weighted by molar-refractivity contribution is 7.99. The summed E-state index contributed by atoms with van der Waals surface area (Å²) in [5.41, 5.74) is 6.53. The zero-order valence-electron chi connectivity index (χ0n) is 21.7. The van der Waals surface area contributed by atoms with Crippen LogP contribution < -0.4 is 4.90 Å². The van der Waals surface area contributed by atoms with Gasteiger partial charge in [-0.2, -0.15) is 0 Å². The Kier molecular flexibility index (Phi) is 4.93. The predicted octanol–water partition coefficient (Wildman–Crippen LogP) is 10.3. The summed E-state index contributed by atoms with van der Waals surface area (Å²) in [5.74, 6) is 0. The second kappa shape index (κ2) is 8.13. The molecule has 0 aromatic heterocycles. The van der Waals surface area contributed by atoms with Crippen molar-refractivity contribution in [3.8, 4) is 0 Å². The number of anilines is 2. The first-order valence-corrected chi connectivity index (χ1v) is 13.7. The van der Waals surface area contributed by atoms with Gasteiger partial charge in [-0.1, -0.05) is 111 Å². The number of rotatable bonds is 2. The molecule has 0 amide bonds. The first-order chi connectivity index (χ1) is 17.9. The van der Waals surface area contributed by atoms with Crippen LogP contribution in [0.5, 0.6) is 0 Å². The number of hydrogen-bond donors (Lipinski definition) is 0. The van der Waals surface area contributed by atoms with Crippen LogP contribution >= 0.6 is 11.8 Å². The molecule has 180 valence electrons. The van der Waals surface area contributed by atoms with Gasteiger partial charge < -0.3 is 4.90 Å². The minimum absolute atomic E-state index is 0.127. The maximum atomic E-state index is 2.38. The van der Waals surface area contributed by atoms with E-state index in [1.165, 1.54) is 70.2 Å². The van der Waals surface area contributed by atoms with Crippen molar-refractivity contribution in [1.82, 2.24) is 0 Å². The maximum Gasteiger partial charge on any atom is 0.0550 e. The van der Waals surface area contributed by atoms with E-state index in [1.807, 2.05) is 11.8 Å². The largest absolute Gasteiger partial charge is 0.343 e. The molecular weight excluding hydrogens is 466 g/mol. The highest BCUT2D eigenvalue weighted by Crippen LogP contribution is 2.47. The molecule has 37 heavy (non-hydrogen) atoms. The van der Waals surface area contributed by atoms with Crippen molar-refractivity contribution in [1.29, 1.82) is 0 Å². The van der Waals surface area contributed by atoms with Crippen molar-refractivity contribution in [3.63, 3.8) is 0 Å². The number of hydrogen-bond acceptors (Lipinski definition) is 2. The van der Waals surface area contributed by atoms with Crippen LogP contribution in [-0.4, -0.2) is 7.05 Å². The van der Waals surface area contributed by atoms with Crippen molar-refractivity contribution in [2.75, 3.05) is 11.9 Å². The average molecular weight is 496 g/mol. The molecule has 0 bridgehead atoms. The van der Waals surface area contributed by atoms with Crippen LogP contribution in [0.15, 0.2) is 101 Å². The molecule has 6 aromatic carbocycles. The van der Waals surface area contributed by atoms with E-state index in [9.17, 15) is 0 Å². The van der Waals surface area contributed by atoms with Crippen LogP contribution in [-0.2, 0) is 5.41 Å². The maximum absolute atomic E-state index is 2.38. The molecule has 0 unspecified atom stereocenters. The van der Waals surface area contributed by atoms with Crippen LogP contribution in [0.4, 0.5) is 11.4 Å². The van der Waals surface area contributed by atoms with Crippen molar-refractivity contribution < 1.29 is 0 Å². The van der Waals surface area contributed by atoms with Gasteiger partial charge in [-0.05, 0) is 78.7 Å². The minimum Gasteiger partial charge on any atom is -0.343 e. The standard InChI is InChI=1S/C35H29NS/c1-35(2,3)27-20-25-15-14-24-13-12-23(28-17-16-26(21-27)33(25)34(24)28)11-9-22-10-18-30-32(19-22)37-31-8-6-5-7-29(31)36(30)4/h5-21H,1-4H3/b11-9+. The summed E-state index contributed by atoms with van der Waals surface area (Å²) in [6, 6.07) is 33.9. The monoisotopic (exact) mass is 495 g/mol. The van der Waals surface area contributed by atoms with Gasteiger partial charge in [0.1, 0.15) is 0 Å². The van der Waals surface area contributed by atoms with Crippen molar-refractivity contribution in [2.24, 2.45) is 0 Å². The van der Waals surface area contributed by atoms with Crippen LogP contribution in [0.25, 0.3) is 44.5 Å². The summed E-state index contributed by atoms with van der Waals surface area (Å²) in [4.78, 5) is 4.90. The van der Waals surface area contributed by atoms with E-state index in [0.717, 1.165) is 0 Å². The molecule has 7 rings (SSSR count). The second-order valence-corrected chi connectivity index (χ2v) is 12.3. The minimum atomic E-state index is 0.127. The normalized spacial score (nSPS) is 13.7. The lowest BCUT2D eigenvalue weighted by atomic mass is 9.83. The van der Waals surface area contributed by atoms with Gasteiger partial charge in [0.25, 0.3) is 0 Å². The van der Waals surface area contributed by atoms with Crippen LogP contribution in [0.3, 0.4) is 0 Å². The van der Waals surface area contributed by atoms with Gasteiger partial charge in [0.05, 0.1) is 11.4 Å². The topological polar surface area (TPSA) is 3.24 Å². The molecule has 0 atom stereocenters. The predicted molar refractivity (Wildman–Crippen MR) is 163 cm³/mol. The fourth-order valence-corrected chi connectivity index (χ4v) is 6.87. The molecule has 0 fully saturated rings. The highest BCUT2D eigenvalue weighted by atomic mass is 32.2. The summed E-state index contributed by atoms with van der Waals surface area (Å²) in [6.07, 6.45) is 4.53. The van der Waals surface area contributed by atoms with Gasteiger partial charge in [0, 0.05) is 16.8 Å². The lowest BCUT2D eigenvalue weighted by molar-refractivity contribution is 0.591. The molecule has 1 nitrogen and oxygen atoms in total. The zero-order valence-corrected chi connectivity index (χ0v) is 22.5. The second-order valence-electron chi connectivity index (χ2n) is 11.2. The van der Waals surface area contributed by atoms with Crippen LogP contribution in [0, 0.1) is 0 Å². The van der Waals surface area contributed by atoms with Gasteiger partial charge in [0.2, 0.25) is 0 Å². The highest BCUT2D eigenvalue weighted by Gasteiger charge is 2.20. The molecular formula is C35H29NS. The SMILES string of the molecule is CN1c2ccccc2Sc2cc(/C=C/c3ccc4ccc5cc(C(C)(C)C)cc6ccc3c4c56)ccc21. The van der Waals surface area contributed by atoms with Gasteiger partial charge in [-0.15, -0.1) is 0 Å². The van der Waals surface area contributed by atoms with Crippen LogP contribution in [0.2, 0.25) is 0 Å². The molecule has 1 heterocycles. The molecule has 0 N–H and O–H groups in total. The Labute approximate surface area is 222 Å². The lowest BCUT2D eigenvalue weighted by Gasteiger charge is -2.29. The van der Waals surface area contributed by atoms with Gasteiger partial charge in [0.15, 0.2) is 0 Å². The molecule has 0 saturated heterocycles. The van der Waals surface area contributed by atoms with Crippen molar-refractivity contribution >= 4 is 67.6 Å². The zero-order chi connectivity index (χ0) is 25.3. The van der Waals surface area contributed by atoms with Crippen molar-refractivity contribution in [3.05, 3.63) is 108 Å². The smallest absolute Gasteiger partial charge is 0.0550 e. The third kappa shape index (κ3) is 3.62. The quantitative estimate of drug-likeness (QED) is 0.174. The van der Waals surface area contributed by atoms with E-state index in [-0.39, 0.29) is 5.41 Å². The fraction of sp³-hybridized carbons (Fsp3) is 0.143. The summed E-state index contributed by atoms with van der Waals surface area (Å²) < 4.78 is 0. The number of nitrogens with zero attached hydrogens (tertiary/aromatic N) is 1. The van der Waals surface area contributed by atoms with E-state index in [2.05, 4.69) is 136 Å². The lowest BCUT2D eigenvalue weighted by Crippen LogP contribution is -2.14. The third-order valence-corrected chi connectivity index (χ3v) is 8.86. The summed E-state index contributed by atoms with van der Waals surface area (Å²) in [5, 5.41) is 8.04. The van der Waals surface area contributed by atoms with Gasteiger partial charge in [-0.3, -0.25) is 0 Å². The Morgan fingerprint density at radius 2 is 1.35 bits per heavy atom. The molecule has 1 aliphatic heterocycles. The van der Waals surface area contributed by atoms with E-state index < -0.39 is 0 Å². The summed E-state index contributed by atoms with van der Waals surface area (Å²) in [7, 11) is 2.15. The van der Waals surface area contributed by atoms with E-state index in [4.69, 9.17) is 0 Å². The number of para-hydroxylation sites is 1. The Balaban J connectivity index is 1.31. The summed E-state index contributed by atoms with van der Waals surface area (Å²) in [6.45, 7) is 6.87.